The second-order valence-corrected chi connectivity index (χ2v) is 8.89. The molecule has 0 bridgehead atoms. The summed E-state index contributed by atoms with van der Waals surface area (Å²) in [6.45, 7) is -0.730. The van der Waals surface area contributed by atoms with E-state index < -0.39 is 40.1 Å². The number of benzene rings is 3. The van der Waals surface area contributed by atoms with E-state index in [0.29, 0.717) is 17.5 Å². The number of ether oxygens (including phenoxy) is 2. The number of nitrogens with zero attached hydrogens (tertiary/aromatic N) is 1. The van der Waals surface area contributed by atoms with Crippen LogP contribution in [0.25, 0.3) is 0 Å². The first-order chi connectivity index (χ1) is 16.1. The number of para-hydroxylation sites is 2. The first-order valence-electron chi connectivity index (χ1n) is 9.77. The molecule has 3 aromatic rings. The lowest BCUT2D eigenvalue weighted by Gasteiger charge is -2.21. The second kappa shape index (κ2) is 10.3. The Morgan fingerprint density at radius 3 is 2.32 bits per heavy atom. The number of rotatable bonds is 8. The minimum Gasteiger partial charge on any atom is -0.495 e. The Hall–Kier alpha value is -3.99. The molecule has 0 heterocycles. The van der Waals surface area contributed by atoms with Crippen LogP contribution in [0.4, 0.5) is 20.2 Å². The maximum absolute atomic E-state index is 13.6. The van der Waals surface area contributed by atoms with Gasteiger partial charge in [-0.15, -0.1) is 0 Å². The minimum absolute atomic E-state index is 0.000317. The maximum Gasteiger partial charge on any atom is 0.338 e. The zero-order valence-corrected chi connectivity index (χ0v) is 18.9. The van der Waals surface area contributed by atoms with Crippen molar-refractivity contribution >= 4 is 33.3 Å². The maximum atomic E-state index is 13.6. The highest BCUT2D eigenvalue weighted by Crippen LogP contribution is 2.30. The number of sulfonamides is 1. The van der Waals surface area contributed by atoms with Crippen LogP contribution >= 0.6 is 0 Å². The van der Waals surface area contributed by atoms with E-state index in [0.717, 1.165) is 16.4 Å². The first-order valence-corrected chi connectivity index (χ1v) is 11.2. The number of halogens is 2. The van der Waals surface area contributed by atoms with Gasteiger partial charge < -0.3 is 14.8 Å². The molecule has 1 N–H and O–H groups in total. The lowest BCUT2D eigenvalue weighted by Crippen LogP contribution is -2.27. The molecule has 34 heavy (non-hydrogen) atoms. The molecule has 3 rings (SSSR count). The van der Waals surface area contributed by atoms with Crippen molar-refractivity contribution in [2.45, 2.75) is 4.90 Å². The van der Waals surface area contributed by atoms with Crippen LogP contribution in [0.3, 0.4) is 0 Å². The van der Waals surface area contributed by atoms with Crippen LogP contribution < -0.4 is 14.4 Å². The van der Waals surface area contributed by atoms with Gasteiger partial charge in [0.2, 0.25) is 0 Å². The van der Waals surface area contributed by atoms with Crippen LogP contribution in [0.5, 0.6) is 5.75 Å². The smallest absolute Gasteiger partial charge is 0.338 e. The summed E-state index contributed by atoms with van der Waals surface area (Å²) >= 11 is 0. The Bertz CT molecular complexity index is 1310. The molecule has 0 aromatic heterocycles. The first kappa shape index (κ1) is 24.6. The van der Waals surface area contributed by atoms with Crippen LogP contribution in [0, 0.1) is 11.6 Å². The molecular weight excluding hydrogens is 470 g/mol. The van der Waals surface area contributed by atoms with Gasteiger partial charge >= 0.3 is 5.97 Å². The van der Waals surface area contributed by atoms with Gasteiger partial charge in [-0.05, 0) is 48.5 Å². The van der Waals surface area contributed by atoms with Gasteiger partial charge in [0.15, 0.2) is 6.61 Å². The fraction of sp³-hybridized carbons (Fsp3) is 0.130. The summed E-state index contributed by atoms with van der Waals surface area (Å²) in [4.78, 5) is 24.0. The number of methoxy groups -OCH3 is 1. The molecule has 0 aliphatic heterocycles. The standard InChI is InChI=1S/C23H20F2N2O6S/c1-27(20-5-3-4-6-21(20)32-2)34(30,31)17-10-7-15(8-11-17)23(29)33-14-22(28)26-19-12-9-16(24)13-18(19)25/h3-13H,14H2,1-2H3,(H,26,28). The van der Waals surface area contributed by atoms with Gasteiger partial charge in [0, 0.05) is 13.1 Å². The fourth-order valence-electron chi connectivity index (χ4n) is 2.93. The quantitative estimate of drug-likeness (QED) is 0.484. The molecule has 178 valence electrons. The molecule has 1 amide bonds. The summed E-state index contributed by atoms with van der Waals surface area (Å²) in [5, 5.41) is 2.16. The molecular formula is C23H20F2N2O6S. The molecule has 0 unspecified atom stereocenters. The third-order valence-corrected chi connectivity index (χ3v) is 6.50. The number of nitrogens with one attached hydrogen (secondary N) is 1. The van der Waals surface area contributed by atoms with Crippen LogP contribution in [0.15, 0.2) is 71.6 Å². The lowest BCUT2D eigenvalue weighted by molar-refractivity contribution is -0.119. The zero-order valence-electron chi connectivity index (χ0n) is 18.1. The van der Waals surface area contributed by atoms with E-state index in [2.05, 4.69) is 5.32 Å². The van der Waals surface area contributed by atoms with Crippen molar-refractivity contribution in [3.8, 4) is 5.75 Å². The van der Waals surface area contributed by atoms with Crippen molar-refractivity contribution in [3.05, 3.63) is 83.9 Å². The summed E-state index contributed by atoms with van der Waals surface area (Å²) in [5.41, 5.74) is 0.0629. The number of anilines is 2. The number of esters is 1. The van der Waals surface area contributed by atoms with Crippen molar-refractivity contribution in [1.82, 2.24) is 0 Å². The summed E-state index contributed by atoms with van der Waals surface area (Å²) in [5.74, 6) is -3.14. The zero-order chi connectivity index (χ0) is 24.9. The number of carbonyl (C=O) groups is 2. The molecule has 0 aliphatic rings. The van der Waals surface area contributed by atoms with E-state index in [1.165, 1.54) is 38.4 Å². The third-order valence-electron chi connectivity index (χ3n) is 4.71. The van der Waals surface area contributed by atoms with Gasteiger partial charge in [-0.1, -0.05) is 12.1 Å². The number of carbonyl (C=O) groups excluding carboxylic acids is 2. The van der Waals surface area contributed by atoms with E-state index in [9.17, 15) is 26.8 Å². The van der Waals surface area contributed by atoms with Crippen molar-refractivity contribution in [3.63, 3.8) is 0 Å². The fourth-order valence-corrected chi connectivity index (χ4v) is 4.14. The van der Waals surface area contributed by atoms with Gasteiger partial charge in [-0.3, -0.25) is 9.10 Å². The summed E-state index contributed by atoms with van der Waals surface area (Å²) in [6.07, 6.45) is 0. The SMILES string of the molecule is COc1ccccc1N(C)S(=O)(=O)c1ccc(C(=O)OCC(=O)Nc2ccc(F)cc2F)cc1. The summed E-state index contributed by atoms with van der Waals surface area (Å²) in [7, 11) is -1.16. The van der Waals surface area contributed by atoms with Gasteiger partial charge in [-0.25, -0.2) is 22.0 Å². The average Bonchev–Trinajstić information content (AvgIpc) is 2.83. The highest BCUT2D eigenvalue weighted by atomic mass is 32.2. The van der Waals surface area contributed by atoms with Gasteiger partial charge in [-0.2, -0.15) is 0 Å². The van der Waals surface area contributed by atoms with E-state index >= 15 is 0 Å². The second-order valence-electron chi connectivity index (χ2n) is 6.92. The van der Waals surface area contributed by atoms with Crippen LogP contribution in [-0.4, -0.2) is 41.1 Å². The van der Waals surface area contributed by atoms with E-state index in [1.54, 1.807) is 24.3 Å². The van der Waals surface area contributed by atoms with E-state index in [4.69, 9.17) is 9.47 Å². The van der Waals surface area contributed by atoms with Gasteiger partial charge in [0.25, 0.3) is 15.9 Å². The molecule has 0 radical (unpaired) electrons. The largest absolute Gasteiger partial charge is 0.495 e. The summed E-state index contributed by atoms with van der Waals surface area (Å²) in [6, 6.07) is 14.1. The highest BCUT2D eigenvalue weighted by Gasteiger charge is 2.24. The number of amides is 1. The van der Waals surface area contributed by atoms with Gasteiger partial charge in [0.05, 0.1) is 28.9 Å². The van der Waals surface area contributed by atoms with Crippen LogP contribution in [0.2, 0.25) is 0 Å². The average molecular weight is 490 g/mol. The minimum atomic E-state index is -3.96. The van der Waals surface area contributed by atoms with Crippen LogP contribution in [0.1, 0.15) is 10.4 Å². The van der Waals surface area contributed by atoms with E-state index in [1.807, 2.05) is 0 Å². The number of hydrogen-bond acceptors (Lipinski definition) is 6. The predicted molar refractivity (Wildman–Crippen MR) is 120 cm³/mol. The molecule has 0 saturated heterocycles. The third kappa shape index (κ3) is 5.49. The Kier molecular flexibility index (Phi) is 7.47. The molecule has 0 atom stereocenters. The Balaban J connectivity index is 1.65. The molecule has 0 aliphatic carbocycles. The number of hydrogen-bond donors (Lipinski definition) is 1. The van der Waals surface area contributed by atoms with E-state index in [-0.39, 0.29) is 16.1 Å². The van der Waals surface area contributed by atoms with Crippen molar-refractivity contribution in [2.24, 2.45) is 0 Å². The molecule has 0 saturated carbocycles. The molecule has 0 spiro atoms. The monoisotopic (exact) mass is 490 g/mol. The Morgan fingerprint density at radius 2 is 1.68 bits per heavy atom. The normalized spacial score (nSPS) is 10.9. The van der Waals surface area contributed by atoms with Crippen molar-refractivity contribution < 1.29 is 36.3 Å². The predicted octanol–water partition coefficient (Wildman–Crippen LogP) is 3.59. The van der Waals surface area contributed by atoms with Gasteiger partial charge in [0.1, 0.15) is 17.4 Å². The van der Waals surface area contributed by atoms with Crippen LogP contribution in [-0.2, 0) is 19.6 Å². The van der Waals surface area contributed by atoms with Crippen molar-refractivity contribution in [2.75, 3.05) is 30.4 Å². The highest BCUT2D eigenvalue weighted by molar-refractivity contribution is 7.92. The summed E-state index contributed by atoms with van der Waals surface area (Å²) < 4.78 is 63.6. The van der Waals surface area contributed by atoms with Crippen molar-refractivity contribution in [1.29, 1.82) is 0 Å². The molecule has 11 heteroatoms. The molecule has 3 aromatic carbocycles. The Labute approximate surface area is 194 Å². The lowest BCUT2D eigenvalue weighted by atomic mass is 10.2. The Morgan fingerprint density at radius 1 is 1.00 bits per heavy atom. The molecule has 0 fully saturated rings. The molecule has 8 nitrogen and oxygen atoms in total. The topological polar surface area (TPSA) is 102 Å².